The summed E-state index contributed by atoms with van der Waals surface area (Å²) in [5, 5.41) is 14.0. The first-order valence-electron chi connectivity index (χ1n) is 5.42. The van der Waals surface area contributed by atoms with Crippen LogP contribution in [0.25, 0.3) is 0 Å². The number of amides is 1. The summed E-state index contributed by atoms with van der Waals surface area (Å²) in [5.41, 5.74) is 12.3. The number of primary amides is 1. The van der Waals surface area contributed by atoms with Crippen LogP contribution in [0.15, 0.2) is 36.7 Å². The Morgan fingerprint density at radius 3 is 2.78 bits per heavy atom. The fraction of sp³-hybridized carbons (Fsp3) is 0.167. The van der Waals surface area contributed by atoms with Crippen molar-refractivity contribution in [2.45, 2.75) is 12.6 Å². The third-order valence-corrected chi connectivity index (χ3v) is 2.63. The molecule has 1 aromatic carbocycles. The molecular weight excluding hydrogens is 232 g/mol. The highest BCUT2D eigenvalue weighted by Gasteiger charge is 2.12. The zero-order chi connectivity index (χ0) is 13.1. The number of aliphatic hydroxyl groups excluding tert-OH is 1. The van der Waals surface area contributed by atoms with Crippen molar-refractivity contribution in [2.75, 3.05) is 5.73 Å². The number of nitrogens with two attached hydrogens (primary N) is 2. The van der Waals surface area contributed by atoms with E-state index in [1.807, 2.05) is 0 Å². The van der Waals surface area contributed by atoms with E-state index < -0.39 is 12.0 Å². The van der Waals surface area contributed by atoms with E-state index in [0.717, 1.165) is 0 Å². The van der Waals surface area contributed by atoms with Gasteiger partial charge in [0, 0.05) is 17.4 Å². The Labute approximate surface area is 104 Å². The Balaban J connectivity index is 2.13. The highest BCUT2D eigenvalue weighted by atomic mass is 16.3. The van der Waals surface area contributed by atoms with Crippen LogP contribution in [0, 0.1) is 0 Å². The van der Waals surface area contributed by atoms with E-state index in [1.54, 1.807) is 24.3 Å². The Bertz CT molecular complexity index is 565. The molecule has 6 heteroatoms. The molecule has 0 aliphatic rings. The second kappa shape index (κ2) is 4.89. The van der Waals surface area contributed by atoms with Crippen LogP contribution in [-0.4, -0.2) is 20.8 Å². The molecule has 0 fully saturated rings. The third kappa shape index (κ3) is 2.49. The van der Waals surface area contributed by atoms with Gasteiger partial charge in [-0.3, -0.25) is 9.48 Å². The number of anilines is 1. The zero-order valence-corrected chi connectivity index (χ0v) is 9.65. The highest BCUT2D eigenvalue weighted by Crippen LogP contribution is 2.21. The number of rotatable bonds is 4. The molecular formula is C12H14N4O2. The summed E-state index contributed by atoms with van der Waals surface area (Å²) in [6.45, 7) is 0.210. The molecule has 1 amide bonds. The van der Waals surface area contributed by atoms with Gasteiger partial charge in [-0.1, -0.05) is 18.2 Å². The maximum absolute atomic E-state index is 10.9. The highest BCUT2D eigenvalue weighted by molar-refractivity contribution is 5.92. The number of carbonyl (C=O) groups is 1. The van der Waals surface area contributed by atoms with Gasteiger partial charge in [0.1, 0.15) is 6.10 Å². The Morgan fingerprint density at radius 2 is 2.17 bits per heavy atom. The minimum absolute atomic E-state index is 0.210. The lowest BCUT2D eigenvalue weighted by Crippen LogP contribution is -2.12. The van der Waals surface area contributed by atoms with Crippen molar-refractivity contribution in [2.24, 2.45) is 5.73 Å². The SMILES string of the molecule is NC(=O)c1cnn(CC(O)c2ccccc2N)c1. The van der Waals surface area contributed by atoms with Crippen molar-refractivity contribution >= 4 is 11.6 Å². The van der Waals surface area contributed by atoms with Gasteiger partial charge in [0.2, 0.25) is 0 Å². The van der Waals surface area contributed by atoms with Gasteiger partial charge >= 0.3 is 0 Å². The monoisotopic (exact) mass is 246 g/mol. The number of para-hydroxylation sites is 1. The molecule has 0 saturated carbocycles. The number of hydrogen-bond donors (Lipinski definition) is 3. The Morgan fingerprint density at radius 1 is 1.44 bits per heavy atom. The molecule has 0 spiro atoms. The molecule has 1 aromatic heterocycles. The molecule has 0 radical (unpaired) electrons. The average molecular weight is 246 g/mol. The first kappa shape index (κ1) is 12.1. The van der Waals surface area contributed by atoms with Crippen LogP contribution in [0.1, 0.15) is 22.0 Å². The van der Waals surface area contributed by atoms with Crippen LogP contribution in [-0.2, 0) is 6.54 Å². The second-order valence-electron chi connectivity index (χ2n) is 3.96. The van der Waals surface area contributed by atoms with Crippen LogP contribution in [0.3, 0.4) is 0 Å². The fourth-order valence-corrected chi connectivity index (χ4v) is 1.68. The maximum atomic E-state index is 10.9. The Hall–Kier alpha value is -2.34. The zero-order valence-electron chi connectivity index (χ0n) is 9.65. The summed E-state index contributed by atoms with van der Waals surface area (Å²) in [4.78, 5) is 10.9. The van der Waals surface area contributed by atoms with Gasteiger partial charge in [-0.2, -0.15) is 5.10 Å². The minimum atomic E-state index is -0.785. The first-order chi connectivity index (χ1) is 8.58. The Kier molecular flexibility index (Phi) is 3.29. The molecule has 0 aliphatic heterocycles. The van der Waals surface area contributed by atoms with Crippen molar-refractivity contribution < 1.29 is 9.90 Å². The predicted octanol–water partition coefficient (Wildman–Crippen LogP) is 0.298. The molecule has 1 atom stereocenters. The van der Waals surface area contributed by atoms with Gasteiger partial charge in [0.25, 0.3) is 5.91 Å². The molecule has 0 bridgehead atoms. The van der Waals surface area contributed by atoms with E-state index in [9.17, 15) is 9.90 Å². The van der Waals surface area contributed by atoms with Crippen molar-refractivity contribution in [3.8, 4) is 0 Å². The number of aliphatic hydroxyl groups is 1. The fourth-order valence-electron chi connectivity index (χ4n) is 1.68. The number of hydrogen-bond acceptors (Lipinski definition) is 4. The van der Waals surface area contributed by atoms with E-state index >= 15 is 0 Å². The summed E-state index contributed by atoms with van der Waals surface area (Å²) >= 11 is 0. The molecule has 5 N–H and O–H groups in total. The number of nitrogens with zero attached hydrogens (tertiary/aromatic N) is 2. The summed E-state index contributed by atoms with van der Waals surface area (Å²) in [6.07, 6.45) is 2.07. The van der Waals surface area contributed by atoms with Gasteiger partial charge in [0.15, 0.2) is 0 Å². The minimum Gasteiger partial charge on any atom is -0.398 e. The molecule has 6 nitrogen and oxygen atoms in total. The topological polar surface area (TPSA) is 107 Å². The molecule has 18 heavy (non-hydrogen) atoms. The summed E-state index contributed by atoms with van der Waals surface area (Å²) < 4.78 is 1.46. The van der Waals surface area contributed by atoms with Crippen LogP contribution in [0.5, 0.6) is 0 Å². The smallest absolute Gasteiger partial charge is 0.251 e. The lowest BCUT2D eigenvalue weighted by atomic mass is 10.1. The number of carbonyl (C=O) groups excluding carboxylic acids is 1. The van der Waals surface area contributed by atoms with E-state index in [-0.39, 0.29) is 6.54 Å². The van der Waals surface area contributed by atoms with Gasteiger partial charge in [-0.05, 0) is 6.07 Å². The molecule has 2 rings (SSSR count). The normalized spacial score (nSPS) is 12.3. The third-order valence-electron chi connectivity index (χ3n) is 2.63. The average Bonchev–Trinajstić information content (AvgIpc) is 2.78. The summed E-state index contributed by atoms with van der Waals surface area (Å²) in [7, 11) is 0. The lowest BCUT2D eigenvalue weighted by molar-refractivity contribution is 0.0999. The molecule has 2 aromatic rings. The van der Waals surface area contributed by atoms with Crippen LogP contribution in [0.2, 0.25) is 0 Å². The largest absolute Gasteiger partial charge is 0.398 e. The lowest BCUT2D eigenvalue weighted by Gasteiger charge is -2.13. The van der Waals surface area contributed by atoms with Crippen molar-refractivity contribution in [1.29, 1.82) is 0 Å². The molecule has 0 aliphatic carbocycles. The van der Waals surface area contributed by atoms with E-state index in [0.29, 0.717) is 16.8 Å². The van der Waals surface area contributed by atoms with E-state index in [1.165, 1.54) is 17.1 Å². The van der Waals surface area contributed by atoms with Crippen LogP contribution in [0.4, 0.5) is 5.69 Å². The van der Waals surface area contributed by atoms with Crippen molar-refractivity contribution in [3.05, 3.63) is 47.8 Å². The number of benzene rings is 1. The summed E-state index contributed by atoms with van der Waals surface area (Å²) in [5.74, 6) is -0.546. The standard InChI is InChI=1S/C12H14N4O2/c13-10-4-2-1-3-9(10)11(17)7-16-6-8(5-15-16)12(14)18/h1-6,11,17H,7,13H2,(H2,14,18). The van der Waals surface area contributed by atoms with Crippen LogP contribution >= 0.6 is 0 Å². The molecule has 94 valence electrons. The van der Waals surface area contributed by atoms with E-state index in [4.69, 9.17) is 11.5 Å². The van der Waals surface area contributed by atoms with Gasteiger partial charge in [-0.15, -0.1) is 0 Å². The molecule has 0 saturated heterocycles. The van der Waals surface area contributed by atoms with Crippen LogP contribution < -0.4 is 11.5 Å². The van der Waals surface area contributed by atoms with E-state index in [2.05, 4.69) is 5.10 Å². The quantitative estimate of drug-likeness (QED) is 0.674. The maximum Gasteiger partial charge on any atom is 0.251 e. The molecule has 1 unspecified atom stereocenters. The number of nitrogen functional groups attached to an aromatic ring is 1. The predicted molar refractivity (Wildman–Crippen MR) is 66.6 cm³/mol. The second-order valence-corrected chi connectivity index (χ2v) is 3.96. The van der Waals surface area contributed by atoms with Crippen molar-refractivity contribution in [3.63, 3.8) is 0 Å². The van der Waals surface area contributed by atoms with Gasteiger partial charge in [-0.25, -0.2) is 0 Å². The summed E-state index contributed by atoms with van der Waals surface area (Å²) in [6, 6.07) is 7.06. The van der Waals surface area contributed by atoms with Crippen molar-refractivity contribution in [1.82, 2.24) is 9.78 Å². The molecule has 1 heterocycles. The van der Waals surface area contributed by atoms with Gasteiger partial charge < -0.3 is 16.6 Å². The van der Waals surface area contributed by atoms with Gasteiger partial charge in [0.05, 0.1) is 18.3 Å². The first-order valence-corrected chi connectivity index (χ1v) is 5.42. The number of aromatic nitrogens is 2.